The topological polar surface area (TPSA) is 44.8 Å². The molecule has 0 saturated carbocycles. The first-order chi connectivity index (χ1) is 12.0. The van der Waals surface area contributed by atoms with Crippen LogP contribution in [0.3, 0.4) is 0 Å². The average molecular weight is 340 g/mol. The van der Waals surface area contributed by atoms with Gasteiger partial charge in [0.05, 0.1) is 21.3 Å². The standard InChI is InChI=1S/C21H24O4/c1-14(2)16-7-9-17(10-8-16)18(22)11-6-15-12-19(23-3)21(25-5)20(13-15)24-4/h6-14H,1-5H3/b11-6+. The van der Waals surface area contributed by atoms with E-state index >= 15 is 0 Å². The van der Waals surface area contributed by atoms with Crippen molar-refractivity contribution in [1.29, 1.82) is 0 Å². The van der Waals surface area contributed by atoms with Crippen LogP contribution in [0.4, 0.5) is 0 Å². The fourth-order valence-corrected chi connectivity index (χ4v) is 2.50. The minimum Gasteiger partial charge on any atom is -0.493 e. The molecule has 4 nitrogen and oxygen atoms in total. The number of methoxy groups -OCH3 is 3. The van der Waals surface area contributed by atoms with Crippen molar-refractivity contribution in [2.75, 3.05) is 21.3 Å². The third-order valence-corrected chi connectivity index (χ3v) is 3.98. The molecule has 2 aromatic carbocycles. The van der Waals surface area contributed by atoms with Crippen LogP contribution in [0.5, 0.6) is 17.2 Å². The summed E-state index contributed by atoms with van der Waals surface area (Å²) >= 11 is 0. The van der Waals surface area contributed by atoms with Crippen LogP contribution in [0.1, 0.15) is 41.3 Å². The molecule has 0 atom stereocenters. The highest BCUT2D eigenvalue weighted by molar-refractivity contribution is 6.06. The minimum atomic E-state index is -0.0518. The predicted octanol–water partition coefficient (Wildman–Crippen LogP) is 4.73. The molecule has 0 unspecified atom stereocenters. The highest BCUT2D eigenvalue weighted by atomic mass is 16.5. The summed E-state index contributed by atoms with van der Waals surface area (Å²) in [6.07, 6.45) is 3.29. The Hall–Kier alpha value is -2.75. The van der Waals surface area contributed by atoms with E-state index in [4.69, 9.17) is 14.2 Å². The molecule has 0 aliphatic rings. The molecule has 0 bridgehead atoms. The first-order valence-corrected chi connectivity index (χ1v) is 8.12. The van der Waals surface area contributed by atoms with Crippen molar-refractivity contribution in [3.63, 3.8) is 0 Å². The van der Waals surface area contributed by atoms with Gasteiger partial charge in [-0.2, -0.15) is 0 Å². The van der Waals surface area contributed by atoms with Gasteiger partial charge < -0.3 is 14.2 Å². The maximum Gasteiger partial charge on any atom is 0.203 e. The Balaban J connectivity index is 2.24. The molecule has 2 rings (SSSR count). The smallest absolute Gasteiger partial charge is 0.203 e. The Morgan fingerprint density at radius 3 is 1.92 bits per heavy atom. The van der Waals surface area contributed by atoms with Gasteiger partial charge in [0.2, 0.25) is 5.75 Å². The summed E-state index contributed by atoms with van der Waals surface area (Å²) in [7, 11) is 4.68. The van der Waals surface area contributed by atoms with Crippen molar-refractivity contribution in [3.8, 4) is 17.2 Å². The highest BCUT2D eigenvalue weighted by Crippen LogP contribution is 2.38. The Labute approximate surface area is 149 Å². The summed E-state index contributed by atoms with van der Waals surface area (Å²) in [4.78, 5) is 12.4. The summed E-state index contributed by atoms with van der Waals surface area (Å²) < 4.78 is 15.9. The minimum absolute atomic E-state index is 0.0518. The maximum atomic E-state index is 12.4. The molecule has 132 valence electrons. The molecule has 0 aliphatic heterocycles. The zero-order chi connectivity index (χ0) is 18.4. The number of benzene rings is 2. The van der Waals surface area contributed by atoms with E-state index in [1.54, 1.807) is 45.6 Å². The van der Waals surface area contributed by atoms with Gasteiger partial charge in [0.15, 0.2) is 17.3 Å². The predicted molar refractivity (Wildman–Crippen MR) is 100.0 cm³/mol. The van der Waals surface area contributed by atoms with E-state index in [2.05, 4.69) is 13.8 Å². The molecular formula is C21H24O4. The summed E-state index contributed by atoms with van der Waals surface area (Å²) in [6, 6.07) is 11.3. The van der Waals surface area contributed by atoms with Gasteiger partial charge in [-0.15, -0.1) is 0 Å². The fourth-order valence-electron chi connectivity index (χ4n) is 2.50. The first kappa shape index (κ1) is 18.6. The van der Waals surface area contributed by atoms with Crippen molar-refractivity contribution in [2.24, 2.45) is 0 Å². The lowest BCUT2D eigenvalue weighted by Crippen LogP contribution is -1.97. The normalized spacial score (nSPS) is 11.0. The number of hydrogen-bond acceptors (Lipinski definition) is 4. The molecule has 0 N–H and O–H groups in total. The summed E-state index contributed by atoms with van der Waals surface area (Å²) in [6.45, 7) is 4.25. The second-order valence-corrected chi connectivity index (χ2v) is 5.93. The van der Waals surface area contributed by atoms with Crippen LogP contribution in [0.15, 0.2) is 42.5 Å². The number of carbonyl (C=O) groups excluding carboxylic acids is 1. The lowest BCUT2D eigenvalue weighted by atomic mass is 10.0. The third-order valence-electron chi connectivity index (χ3n) is 3.98. The van der Waals surface area contributed by atoms with Gasteiger partial charge in [-0.1, -0.05) is 44.2 Å². The second-order valence-electron chi connectivity index (χ2n) is 5.93. The van der Waals surface area contributed by atoms with E-state index in [-0.39, 0.29) is 5.78 Å². The van der Waals surface area contributed by atoms with E-state index in [0.29, 0.717) is 28.7 Å². The van der Waals surface area contributed by atoms with E-state index in [1.165, 1.54) is 5.56 Å². The molecule has 0 heterocycles. The lowest BCUT2D eigenvalue weighted by molar-refractivity contribution is 0.104. The molecule has 0 fully saturated rings. The van der Waals surface area contributed by atoms with Crippen LogP contribution in [0, 0.1) is 0 Å². The number of hydrogen-bond donors (Lipinski definition) is 0. The van der Waals surface area contributed by atoms with Gasteiger partial charge in [-0.05, 0) is 35.3 Å². The summed E-state index contributed by atoms with van der Waals surface area (Å²) in [5, 5.41) is 0. The van der Waals surface area contributed by atoms with Gasteiger partial charge in [0, 0.05) is 5.56 Å². The van der Waals surface area contributed by atoms with E-state index in [1.807, 2.05) is 24.3 Å². The molecular weight excluding hydrogens is 316 g/mol. The van der Waals surface area contributed by atoms with Crippen molar-refractivity contribution in [3.05, 3.63) is 59.2 Å². The van der Waals surface area contributed by atoms with Crippen LogP contribution >= 0.6 is 0 Å². The van der Waals surface area contributed by atoms with Crippen molar-refractivity contribution < 1.29 is 19.0 Å². The number of allylic oxidation sites excluding steroid dienone is 1. The van der Waals surface area contributed by atoms with Crippen molar-refractivity contribution >= 4 is 11.9 Å². The van der Waals surface area contributed by atoms with Gasteiger partial charge in [-0.3, -0.25) is 4.79 Å². The Morgan fingerprint density at radius 2 is 1.48 bits per heavy atom. The number of rotatable bonds is 7. The monoisotopic (exact) mass is 340 g/mol. The maximum absolute atomic E-state index is 12.4. The van der Waals surface area contributed by atoms with Crippen LogP contribution < -0.4 is 14.2 Å². The molecule has 4 heteroatoms. The lowest BCUT2D eigenvalue weighted by Gasteiger charge is -2.12. The van der Waals surface area contributed by atoms with Gasteiger partial charge >= 0.3 is 0 Å². The van der Waals surface area contributed by atoms with Crippen LogP contribution in [0.25, 0.3) is 6.08 Å². The highest BCUT2D eigenvalue weighted by Gasteiger charge is 2.12. The third kappa shape index (κ3) is 4.41. The van der Waals surface area contributed by atoms with Crippen LogP contribution in [-0.4, -0.2) is 27.1 Å². The molecule has 0 spiro atoms. The zero-order valence-electron chi connectivity index (χ0n) is 15.3. The summed E-state index contributed by atoms with van der Waals surface area (Å²) in [5.74, 6) is 2.02. The van der Waals surface area contributed by atoms with Gasteiger partial charge in [-0.25, -0.2) is 0 Å². The quantitative estimate of drug-likeness (QED) is 0.540. The zero-order valence-corrected chi connectivity index (χ0v) is 15.3. The Morgan fingerprint density at radius 1 is 0.920 bits per heavy atom. The number of carbonyl (C=O) groups is 1. The van der Waals surface area contributed by atoms with E-state index < -0.39 is 0 Å². The molecule has 0 aromatic heterocycles. The van der Waals surface area contributed by atoms with Crippen molar-refractivity contribution in [1.82, 2.24) is 0 Å². The molecule has 0 saturated heterocycles. The number of ketones is 1. The van der Waals surface area contributed by atoms with E-state index in [0.717, 1.165) is 5.56 Å². The molecule has 25 heavy (non-hydrogen) atoms. The van der Waals surface area contributed by atoms with E-state index in [9.17, 15) is 4.79 Å². The SMILES string of the molecule is COc1cc(/C=C/C(=O)c2ccc(C(C)C)cc2)cc(OC)c1OC. The first-order valence-electron chi connectivity index (χ1n) is 8.12. The molecule has 0 aliphatic carbocycles. The van der Waals surface area contributed by atoms with Crippen LogP contribution in [-0.2, 0) is 0 Å². The summed E-state index contributed by atoms with van der Waals surface area (Å²) in [5.41, 5.74) is 2.67. The molecule has 0 radical (unpaired) electrons. The van der Waals surface area contributed by atoms with Crippen LogP contribution in [0.2, 0.25) is 0 Å². The fraction of sp³-hybridized carbons (Fsp3) is 0.286. The van der Waals surface area contributed by atoms with Gasteiger partial charge in [0.1, 0.15) is 0 Å². The molecule has 2 aromatic rings. The Kier molecular flexibility index (Phi) is 6.23. The van der Waals surface area contributed by atoms with Gasteiger partial charge in [0.25, 0.3) is 0 Å². The molecule has 0 amide bonds. The van der Waals surface area contributed by atoms with Crippen molar-refractivity contribution in [2.45, 2.75) is 19.8 Å². The average Bonchev–Trinajstić information content (AvgIpc) is 2.64. The number of ether oxygens (including phenoxy) is 3. The largest absolute Gasteiger partial charge is 0.493 e. The Bertz CT molecular complexity index is 733. The second kappa shape index (κ2) is 8.38.